The van der Waals surface area contributed by atoms with Gasteiger partial charge in [-0.3, -0.25) is 0 Å². The standard InChI is InChI=1S/C4H8BBrF3/c1-4(2-3-6)5(7,8)9/h4H,2-3H2,1H3/q-1. The Balaban J connectivity index is 3.59. The fraction of sp³-hybridized carbons (Fsp3) is 1.00. The highest BCUT2D eigenvalue weighted by Gasteiger charge is 2.29. The molecule has 0 spiro atoms. The van der Waals surface area contributed by atoms with Gasteiger partial charge in [0.05, 0.1) is 0 Å². The second-order valence-electron chi connectivity index (χ2n) is 2.08. The summed E-state index contributed by atoms with van der Waals surface area (Å²) in [6.45, 7) is -3.39. The van der Waals surface area contributed by atoms with Gasteiger partial charge in [0.2, 0.25) is 0 Å². The van der Waals surface area contributed by atoms with Crippen molar-refractivity contribution in [1.29, 1.82) is 0 Å². The van der Waals surface area contributed by atoms with E-state index in [4.69, 9.17) is 0 Å². The van der Waals surface area contributed by atoms with Gasteiger partial charge in [0.15, 0.2) is 0 Å². The largest absolute Gasteiger partial charge is 0.481 e. The third kappa shape index (κ3) is 3.84. The second kappa shape index (κ2) is 3.49. The Kier molecular flexibility index (Phi) is 3.62. The molecule has 0 aliphatic heterocycles. The van der Waals surface area contributed by atoms with Crippen molar-refractivity contribution < 1.29 is 12.9 Å². The van der Waals surface area contributed by atoms with Crippen molar-refractivity contribution in [3.63, 3.8) is 0 Å². The normalized spacial score (nSPS) is 15.7. The van der Waals surface area contributed by atoms with E-state index in [1.807, 2.05) is 0 Å². The summed E-state index contributed by atoms with van der Waals surface area (Å²) in [7, 11) is 0. The van der Waals surface area contributed by atoms with Crippen molar-refractivity contribution in [1.82, 2.24) is 0 Å². The van der Waals surface area contributed by atoms with E-state index in [1.54, 1.807) is 0 Å². The molecule has 0 N–H and O–H groups in total. The molecule has 0 heterocycles. The Morgan fingerprint density at radius 3 is 2.00 bits per heavy atom. The van der Waals surface area contributed by atoms with Gasteiger partial charge < -0.3 is 12.9 Å². The van der Waals surface area contributed by atoms with Gasteiger partial charge in [-0.15, -0.1) is 0 Å². The first-order valence-electron chi connectivity index (χ1n) is 2.74. The minimum Gasteiger partial charge on any atom is -0.449 e. The fourth-order valence-electron chi connectivity index (χ4n) is 0.361. The molecule has 0 aromatic carbocycles. The highest BCUT2D eigenvalue weighted by molar-refractivity contribution is 9.09. The highest BCUT2D eigenvalue weighted by Crippen LogP contribution is 2.28. The lowest BCUT2D eigenvalue weighted by molar-refractivity contribution is 0.436. The van der Waals surface area contributed by atoms with E-state index in [1.165, 1.54) is 6.92 Å². The monoisotopic (exact) mass is 203 g/mol. The van der Waals surface area contributed by atoms with Crippen LogP contribution in [0.15, 0.2) is 0 Å². The molecule has 0 fully saturated rings. The molecule has 9 heavy (non-hydrogen) atoms. The molecular formula is C4H8BBrF3-. The fourth-order valence-corrected chi connectivity index (χ4v) is 1.08. The van der Waals surface area contributed by atoms with Crippen LogP contribution >= 0.6 is 15.9 Å². The molecule has 0 bridgehead atoms. The van der Waals surface area contributed by atoms with E-state index in [9.17, 15) is 12.9 Å². The zero-order valence-corrected chi connectivity index (χ0v) is 6.67. The third-order valence-corrected chi connectivity index (χ3v) is 1.67. The summed E-state index contributed by atoms with van der Waals surface area (Å²) >= 11 is 2.95. The quantitative estimate of drug-likeness (QED) is 0.489. The van der Waals surface area contributed by atoms with Crippen LogP contribution in [-0.4, -0.2) is 12.3 Å². The van der Waals surface area contributed by atoms with Crippen LogP contribution in [0.5, 0.6) is 0 Å². The smallest absolute Gasteiger partial charge is 0.449 e. The number of hydrogen-bond acceptors (Lipinski definition) is 0. The minimum absolute atomic E-state index is 0.184. The molecule has 0 rings (SSSR count). The van der Waals surface area contributed by atoms with Crippen molar-refractivity contribution in [2.75, 3.05) is 5.33 Å². The van der Waals surface area contributed by atoms with Gasteiger partial charge in [-0.1, -0.05) is 35.1 Å². The van der Waals surface area contributed by atoms with Crippen LogP contribution in [0.25, 0.3) is 0 Å². The van der Waals surface area contributed by atoms with Crippen LogP contribution in [0.1, 0.15) is 13.3 Å². The molecule has 0 saturated carbocycles. The molecule has 1 unspecified atom stereocenters. The van der Waals surface area contributed by atoms with Gasteiger partial charge in [0, 0.05) is 5.33 Å². The minimum atomic E-state index is -4.60. The maximum atomic E-state index is 11.7. The van der Waals surface area contributed by atoms with E-state index < -0.39 is 12.8 Å². The molecule has 56 valence electrons. The Hall–Kier alpha value is 0.335. The molecule has 0 amide bonds. The molecule has 1 atom stereocenters. The molecule has 0 saturated heterocycles. The van der Waals surface area contributed by atoms with E-state index in [2.05, 4.69) is 15.9 Å². The van der Waals surface area contributed by atoms with Crippen molar-refractivity contribution in [2.24, 2.45) is 0 Å². The Labute approximate surface area is 61.0 Å². The summed E-state index contributed by atoms with van der Waals surface area (Å²) in [4.78, 5) is 0. The van der Waals surface area contributed by atoms with Crippen LogP contribution in [-0.2, 0) is 0 Å². The topological polar surface area (TPSA) is 0 Å². The molecule has 0 aromatic rings. The first-order chi connectivity index (χ1) is 3.98. The zero-order valence-electron chi connectivity index (χ0n) is 5.08. The van der Waals surface area contributed by atoms with Crippen LogP contribution in [0.2, 0.25) is 5.82 Å². The van der Waals surface area contributed by atoms with Gasteiger partial charge in [-0.25, -0.2) is 0 Å². The zero-order chi connectivity index (χ0) is 7.49. The van der Waals surface area contributed by atoms with Crippen LogP contribution in [0.4, 0.5) is 12.9 Å². The van der Waals surface area contributed by atoms with Crippen molar-refractivity contribution in [3.8, 4) is 0 Å². The molecule has 0 aromatic heterocycles. The predicted octanol–water partition coefficient (Wildman–Crippen LogP) is 3.01. The number of halogens is 4. The summed E-state index contributed by atoms with van der Waals surface area (Å²) < 4.78 is 35.0. The van der Waals surface area contributed by atoms with E-state index in [0.29, 0.717) is 5.33 Å². The molecule has 0 aliphatic carbocycles. The van der Waals surface area contributed by atoms with E-state index in [0.717, 1.165) is 0 Å². The average molecular weight is 204 g/mol. The van der Waals surface area contributed by atoms with Gasteiger partial charge in [-0.2, -0.15) is 0 Å². The third-order valence-electron chi connectivity index (χ3n) is 1.21. The van der Waals surface area contributed by atoms with Gasteiger partial charge >= 0.3 is 6.98 Å². The summed E-state index contributed by atoms with van der Waals surface area (Å²) in [5, 5.41) is 0.426. The highest BCUT2D eigenvalue weighted by atomic mass is 79.9. The predicted molar refractivity (Wildman–Crippen MR) is 36.9 cm³/mol. The second-order valence-corrected chi connectivity index (χ2v) is 2.87. The SMILES string of the molecule is CC(CCBr)[B-](F)(F)F. The van der Waals surface area contributed by atoms with E-state index >= 15 is 0 Å². The summed E-state index contributed by atoms with van der Waals surface area (Å²) in [5.74, 6) is -1.12. The molecule has 0 nitrogen and oxygen atoms in total. The first kappa shape index (κ1) is 9.33. The van der Waals surface area contributed by atoms with Gasteiger partial charge in [0.1, 0.15) is 0 Å². The molecule has 0 aliphatic rings. The maximum absolute atomic E-state index is 11.7. The Morgan fingerprint density at radius 2 is 1.89 bits per heavy atom. The first-order valence-corrected chi connectivity index (χ1v) is 3.86. The van der Waals surface area contributed by atoms with Crippen molar-refractivity contribution >= 4 is 22.9 Å². The van der Waals surface area contributed by atoms with Crippen molar-refractivity contribution in [2.45, 2.75) is 19.2 Å². The lowest BCUT2D eigenvalue weighted by Crippen LogP contribution is -2.21. The molecular weight excluding hydrogens is 196 g/mol. The van der Waals surface area contributed by atoms with E-state index in [-0.39, 0.29) is 6.42 Å². The lowest BCUT2D eigenvalue weighted by Gasteiger charge is -2.21. The summed E-state index contributed by atoms with van der Waals surface area (Å²) in [6.07, 6.45) is 0.184. The number of hydrogen-bond donors (Lipinski definition) is 0. The Morgan fingerprint density at radius 1 is 1.44 bits per heavy atom. The van der Waals surface area contributed by atoms with Gasteiger partial charge in [0.25, 0.3) is 0 Å². The lowest BCUT2D eigenvalue weighted by atomic mass is 9.73. The Bertz CT molecular complexity index is 82.4. The van der Waals surface area contributed by atoms with Crippen LogP contribution in [0, 0.1) is 0 Å². The van der Waals surface area contributed by atoms with Crippen LogP contribution < -0.4 is 0 Å². The van der Waals surface area contributed by atoms with Crippen LogP contribution in [0.3, 0.4) is 0 Å². The van der Waals surface area contributed by atoms with Crippen molar-refractivity contribution in [3.05, 3.63) is 0 Å². The maximum Gasteiger partial charge on any atom is 0.481 e. The van der Waals surface area contributed by atoms with Gasteiger partial charge in [-0.05, 0) is 0 Å². The molecule has 5 heteroatoms. The number of rotatable bonds is 3. The summed E-state index contributed by atoms with van der Waals surface area (Å²) in [5.41, 5.74) is 0. The molecule has 0 radical (unpaired) electrons. The number of alkyl halides is 1. The summed E-state index contributed by atoms with van der Waals surface area (Å²) in [6, 6.07) is 0. The average Bonchev–Trinajstić information content (AvgIpc) is 1.64.